The maximum absolute atomic E-state index is 12.7. The molecule has 0 radical (unpaired) electrons. The standard InChI is InChI=1S/C16H21N3O5S3.ClH/c1-12-9-15(26(17,20)21)25-16(12)27(22,23)18-14-4-2-3-13(10-14)11-19-5-7-24-8-6-19;/h2-4,9-10,18H,5-8,11H2,1H3,(H2,17,20,21);1H. The number of aryl methyl sites for hydroxylation is 1. The number of hydrogen-bond acceptors (Lipinski definition) is 7. The van der Waals surface area contributed by atoms with Gasteiger partial charge in [-0.15, -0.1) is 23.7 Å². The zero-order valence-corrected chi connectivity index (χ0v) is 18.4. The van der Waals surface area contributed by atoms with E-state index in [0.717, 1.165) is 18.7 Å². The number of nitrogens with zero attached hydrogens (tertiary/aromatic N) is 1. The zero-order chi connectivity index (χ0) is 19.7. The Morgan fingerprint density at radius 3 is 2.46 bits per heavy atom. The van der Waals surface area contributed by atoms with Crippen LogP contribution in [-0.2, 0) is 31.3 Å². The largest absolute Gasteiger partial charge is 0.379 e. The fourth-order valence-electron chi connectivity index (χ4n) is 2.80. The molecule has 3 rings (SSSR count). The molecule has 2 heterocycles. The van der Waals surface area contributed by atoms with Crippen LogP contribution < -0.4 is 9.86 Å². The highest BCUT2D eigenvalue weighted by Crippen LogP contribution is 2.30. The molecular formula is C16H22ClN3O5S3. The summed E-state index contributed by atoms with van der Waals surface area (Å²) in [4.78, 5) is 2.24. The molecule has 12 heteroatoms. The van der Waals surface area contributed by atoms with E-state index < -0.39 is 20.0 Å². The molecule has 1 fully saturated rings. The Morgan fingerprint density at radius 1 is 1.18 bits per heavy atom. The lowest BCUT2D eigenvalue weighted by atomic mass is 10.2. The summed E-state index contributed by atoms with van der Waals surface area (Å²) < 4.78 is 56.0. The Labute approximate surface area is 175 Å². The Kier molecular flexibility index (Phi) is 7.48. The van der Waals surface area contributed by atoms with Gasteiger partial charge in [0.15, 0.2) is 0 Å². The van der Waals surface area contributed by atoms with Gasteiger partial charge in [0.2, 0.25) is 10.0 Å². The summed E-state index contributed by atoms with van der Waals surface area (Å²) in [5, 5.41) is 5.10. The van der Waals surface area contributed by atoms with Gasteiger partial charge in [0.1, 0.15) is 8.42 Å². The predicted octanol–water partition coefficient (Wildman–Crippen LogP) is 1.76. The monoisotopic (exact) mass is 467 g/mol. The van der Waals surface area contributed by atoms with E-state index >= 15 is 0 Å². The number of primary sulfonamides is 1. The first-order valence-corrected chi connectivity index (χ1v) is 12.0. The van der Waals surface area contributed by atoms with E-state index in [0.29, 0.717) is 42.3 Å². The van der Waals surface area contributed by atoms with Gasteiger partial charge in [-0.2, -0.15) is 0 Å². The van der Waals surface area contributed by atoms with Crippen LogP contribution in [0.2, 0.25) is 0 Å². The van der Waals surface area contributed by atoms with Gasteiger partial charge in [-0.3, -0.25) is 9.62 Å². The fourth-order valence-corrected chi connectivity index (χ4v) is 6.49. The van der Waals surface area contributed by atoms with Crippen LogP contribution in [0.5, 0.6) is 0 Å². The van der Waals surface area contributed by atoms with Crippen LogP contribution in [-0.4, -0.2) is 48.0 Å². The van der Waals surface area contributed by atoms with E-state index in [9.17, 15) is 16.8 Å². The van der Waals surface area contributed by atoms with Gasteiger partial charge >= 0.3 is 0 Å². The molecule has 0 unspecified atom stereocenters. The lowest BCUT2D eigenvalue weighted by molar-refractivity contribution is 0.0342. The lowest BCUT2D eigenvalue weighted by Gasteiger charge is -2.26. The van der Waals surface area contributed by atoms with E-state index in [1.807, 2.05) is 6.07 Å². The van der Waals surface area contributed by atoms with E-state index in [1.165, 1.54) is 13.0 Å². The van der Waals surface area contributed by atoms with Crippen molar-refractivity contribution in [2.24, 2.45) is 5.14 Å². The molecule has 2 aromatic rings. The smallest absolute Gasteiger partial charge is 0.271 e. The van der Waals surface area contributed by atoms with Crippen molar-refractivity contribution in [3.05, 3.63) is 41.5 Å². The average Bonchev–Trinajstić information content (AvgIpc) is 2.99. The number of anilines is 1. The van der Waals surface area contributed by atoms with Crippen LogP contribution in [0.1, 0.15) is 11.1 Å². The third-order valence-electron chi connectivity index (χ3n) is 4.06. The number of sulfonamides is 2. The lowest BCUT2D eigenvalue weighted by Crippen LogP contribution is -2.35. The van der Waals surface area contributed by atoms with Crippen molar-refractivity contribution >= 4 is 49.5 Å². The number of hydrogen-bond donors (Lipinski definition) is 2. The highest BCUT2D eigenvalue weighted by atomic mass is 35.5. The number of ether oxygens (including phenoxy) is 1. The van der Waals surface area contributed by atoms with Gasteiger partial charge in [-0.1, -0.05) is 12.1 Å². The van der Waals surface area contributed by atoms with Crippen LogP contribution in [0.25, 0.3) is 0 Å². The van der Waals surface area contributed by atoms with Crippen molar-refractivity contribution in [2.75, 3.05) is 31.0 Å². The van der Waals surface area contributed by atoms with Crippen molar-refractivity contribution in [1.82, 2.24) is 4.90 Å². The van der Waals surface area contributed by atoms with Crippen molar-refractivity contribution in [3.8, 4) is 0 Å². The molecule has 1 saturated heterocycles. The highest BCUT2D eigenvalue weighted by Gasteiger charge is 2.24. The summed E-state index contributed by atoms with van der Waals surface area (Å²) in [7, 11) is -7.87. The number of benzene rings is 1. The van der Waals surface area contributed by atoms with Gasteiger partial charge in [-0.05, 0) is 36.2 Å². The van der Waals surface area contributed by atoms with Crippen LogP contribution in [0.15, 0.2) is 38.8 Å². The molecule has 0 saturated carbocycles. The Bertz CT molecular complexity index is 1030. The number of halogens is 1. The SMILES string of the molecule is Cc1cc(S(N)(=O)=O)sc1S(=O)(=O)Nc1cccc(CN2CCOCC2)c1.Cl. The summed E-state index contributed by atoms with van der Waals surface area (Å²) in [6.07, 6.45) is 0. The molecule has 28 heavy (non-hydrogen) atoms. The second kappa shape index (κ2) is 9.08. The number of thiophene rings is 1. The molecule has 0 bridgehead atoms. The summed E-state index contributed by atoms with van der Waals surface area (Å²) in [6.45, 7) is 5.29. The first-order valence-electron chi connectivity index (χ1n) is 8.20. The van der Waals surface area contributed by atoms with Crippen LogP contribution in [0.3, 0.4) is 0 Å². The molecule has 1 aromatic heterocycles. The predicted molar refractivity (Wildman–Crippen MR) is 111 cm³/mol. The Hall–Kier alpha value is -1.21. The third kappa shape index (κ3) is 5.66. The van der Waals surface area contributed by atoms with Crippen LogP contribution in [0.4, 0.5) is 5.69 Å². The van der Waals surface area contributed by atoms with E-state index in [1.54, 1.807) is 18.2 Å². The van der Waals surface area contributed by atoms with Crippen molar-refractivity contribution in [2.45, 2.75) is 21.9 Å². The number of morpholine rings is 1. The summed E-state index contributed by atoms with van der Waals surface area (Å²) >= 11 is 0.640. The highest BCUT2D eigenvalue weighted by molar-refractivity contribution is 7.96. The molecule has 3 N–H and O–H groups in total. The topological polar surface area (TPSA) is 119 Å². The van der Waals surface area contributed by atoms with Gasteiger partial charge in [0.25, 0.3) is 10.0 Å². The quantitative estimate of drug-likeness (QED) is 0.668. The van der Waals surface area contributed by atoms with E-state index in [4.69, 9.17) is 9.88 Å². The van der Waals surface area contributed by atoms with Crippen LogP contribution in [0, 0.1) is 6.92 Å². The van der Waals surface area contributed by atoms with Crippen LogP contribution >= 0.6 is 23.7 Å². The van der Waals surface area contributed by atoms with E-state index in [2.05, 4.69) is 9.62 Å². The maximum atomic E-state index is 12.7. The molecule has 8 nitrogen and oxygen atoms in total. The summed E-state index contributed by atoms with van der Waals surface area (Å²) in [5.74, 6) is 0. The van der Waals surface area contributed by atoms with Gasteiger partial charge in [0.05, 0.1) is 13.2 Å². The van der Waals surface area contributed by atoms with Gasteiger partial charge in [-0.25, -0.2) is 22.0 Å². The zero-order valence-electron chi connectivity index (χ0n) is 15.1. The maximum Gasteiger partial charge on any atom is 0.271 e. The number of nitrogens with two attached hydrogens (primary N) is 1. The first-order chi connectivity index (χ1) is 12.6. The minimum absolute atomic E-state index is 0. The number of rotatable bonds is 6. The Morgan fingerprint density at radius 2 is 1.86 bits per heavy atom. The molecule has 1 aromatic carbocycles. The number of nitrogens with one attached hydrogen (secondary N) is 1. The molecule has 0 atom stereocenters. The van der Waals surface area contributed by atoms with Crippen molar-refractivity contribution < 1.29 is 21.6 Å². The van der Waals surface area contributed by atoms with E-state index in [-0.39, 0.29) is 20.8 Å². The summed E-state index contributed by atoms with van der Waals surface area (Å²) in [6, 6.07) is 8.41. The molecule has 1 aliphatic heterocycles. The van der Waals surface area contributed by atoms with Gasteiger partial charge < -0.3 is 4.74 Å². The van der Waals surface area contributed by atoms with Crippen molar-refractivity contribution in [3.63, 3.8) is 0 Å². The summed E-state index contributed by atoms with van der Waals surface area (Å²) in [5.41, 5.74) is 1.73. The second-order valence-corrected chi connectivity index (χ2v) is 11.0. The minimum atomic E-state index is -3.95. The molecule has 0 amide bonds. The fraction of sp³-hybridized carbons (Fsp3) is 0.375. The van der Waals surface area contributed by atoms with Gasteiger partial charge in [0, 0.05) is 25.3 Å². The molecule has 156 valence electrons. The third-order valence-corrected chi connectivity index (χ3v) is 8.74. The normalized spacial score (nSPS) is 15.8. The van der Waals surface area contributed by atoms with Crippen molar-refractivity contribution in [1.29, 1.82) is 0 Å². The molecule has 1 aliphatic rings. The molecular weight excluding hydrogens is 446 g/mol. The minimum Gasteiger partial charge on any atom is -0.379 e. The molecule has 0 aliphatic carbocycles. The second-order valence-electron chi connectivity index (χ2n) is 6.28. The first kappa shape index (κ1) is 23.1. The molecule has 0 spiro atoms. The Balaban J connectivity index is 0.00000280. The average molecular weight is 468 g/mol.